The highest BCUT2D eigenvalue weighted by Gasteiger charge is 2.53. The van der Waals surface area contributed by atoms with Crippen LogP contribution in [0.15, 0.2) is 35.3 Å². The fourth-order valence-corrected chi connectivity index (χ4v) is 7.33. The van der Waals surface area contributed by atoms with Gasteiger partial charge in [0.2, 0.25) is 0 Å². The molecule has 0 unspecified atom stereocenters. The van der Waals surface area contributed by atoms with E-state index in [0.717, 1.165) is 25.1 Å². The van der Waals surface area contributed by atoms with Gasteiger partial charge >= 0.3 is 6.36 Å². The van der Waals surface area contributed by atoms with E-state index in [-0.39, 0.29) is 34.5 Å². The highest BCUT2D eigenvalue weighted by atomic mass is 35.5. The van der Waals surface area contributed by atoms with Gasteiger partial charge in [-0.15, -0.1) is 13.2 Å². The van der Waals surface area contributed by atoms with Crippen molar-refractivity contribution in [2.24, 2.45) is 23.7 Å². The van der Waals surface area contributed by atoms with Crippen molar-refractivity contribution in [2.45, 2.75) is 57.2 Å². The van der Waals surface area contributed by atoms with Crippen molar-refractivity contribution in [2.75, 3.05) is 56.3 Å². The average molecular weight is 627 g/mol. The van der Waals surface area contributed by atoms with Gasteiger partial charge in [-0.2, -0.15) is 5.10 Å². The zero-order valence-electron chi connectivity index (χ0n) is 24.1. The molecule has 1 aromatic carbocycles. The quantitative estimate of drug-likeness (QED) is 0.410. The molecule has 13 heteroatoms. The van der Waals surface area contributed by atoms with E-state index >= 15 is 0 Å². The Morgan fingerprint density at radius 1 is 1.09 bits per heavy atom. The van der Waals surface area contributed by atoms with Gasteiger partial charge in [-0.05, 0) is 67.7 Å². The van der Waals surface area contributed by atoms with Crippen LogP contribution in [0.1, 0.15) is 38.6 Å². The maximum atomic E-state index is 13.3. The molecule has 0 radical (unpaired) electrons. The van der Waals surface area contributed by atoms with E-state index in [9.17, 15) is 18.0 Å². The van der Waals surface area contributed by atoms with Crippen molar-refractivity contribution in [1.29, 1.82) is 0 Å². The summed E-state index contributed by atoms with van der Waals surface area (Å²) in [7, 11) is 0. The monoisotopic (exact) mass is 626 g/mol. The number of ether oxygens (including phenoxy) is 4. The molecule has 2 saturated carbocycles. The molecule has 0 spiro atoms. The molecule has 236 valence electrons. The van der Waals surface area contributed by atoms with Crippen LogP contribution in [-0.4, -0.2) is 74.4 Å². The molecule has 43 heavy (non-hydrogen) atoms. The van der Waals surface area contributed by atoms with Gasteiger partial charge in [0.1, 0.15) is 10.8 Å². The van der Waals surface area contributed by atoms with E-state index in [1.807, 2.05) is 0 Å². The molecule has 6 rings (SSSR count). The maximum absolute atomic E-state index is 13.3. The van der Waals surface area contributed by atoms with Crippen LogP contribution in [0.3, 0.4) is 0 Å². The number of rotatable bonds is 9. The first kappa shape index (κ1) is 30.5. The predicted octanol–water partition coefficient (Wildman–Crippen LogP) is 5.14. The minimum atomic E-state index is -4.75. The second-order valence-electron chi connectivity index (χ2n) is 12.1. The topological polar surface area (TPSA) is 87.1 Å². The van der Waals surface area contributed by atoms with Crippen LogP contribution in [0, 0.1) is 23.7 Å². The van der Waals surface area contributed by atoms with Crippen LogP contribution in [0.25, 0.3) is 0 Å². The Balaban J connectivity index is 1.10. The van der Waals surface area contributed by atoms with Crippen LogP contribution in [0.5, 0.6) is 5.75 Å². The second-order valence-corrected chi connectivity index (χ2v) is 12.5. The molecule has 4 fully saturated rings. The molecule has 2 aliphatic heterocycles. The summed E-state index contributed by atoms with van der Waals surface area (Å²) in [6, 6.07) is 5.91. The second kappa shape index (κ2) is 12.8. The van der Waals surface area contributed by atoms with Gasteiger partial charge in [0.05, 0.1) is 50.5 Å². The van der Waals surface area contributed by atoms with Crippen LogP contribution in [0.2, 0.25) is 5.02 Å². The number of alkyl halides is 3. The molecule has 2 saturated heterocycles. The Hall–Kier alpha value is -2.54. The number of anilines is 2. The van der Waals surface area contributed by atoms with Crippen molar-refractivity contribution in [3.8, 4) is 5.75 Å². The van der Waals surface area contributed by atoms with Crippen LogP contribution < -0.4 is 20.5 Å². The molecule has 0 bridgehead atoms. The normalized spacial score (nSPS) is 30.8. The number of nitrogens with zero attached hydrogens (tertiary/aromatic N) is 3. The molecule has 2 aliphatic carbocycles. The Morgan fingerprint density at radius 3 is 2.56 bits per heavy atom. The number of aromatic nitrogens is 2. The first-order valence-corrected chi connectivity index (χ1v) is 15.5. The number of halogens is 4. The highest BCUT2D eigenvalue weighted by molar-refractivity contribution is 6.32. The maximum Gasteiger partial charge on any atom is 0.573 e. The standard InChI is InChI=1S/C30H38ClF3N4O5/c1-18-25-17-41-15-19(27(18)25)12-35-26-13-36-38(29(39)28(26)31)22-4-2-20(3-5-22)37(14-24-16-40-10-11-42-24)21-6-8-23(9-7-21)43-30(32,33)34/h6-9,13,18-20,22,24-25,27,35H,2-5,10-12,14-17H2,1H3/t18-,19+,20?,22?,24-,25+,27+/m0/s1. The summed E-state index contributed by atoms with van der Waals surface area (Å²) >= 11 is 6.55. The third kappa shape index (κ3) is 7.08. The zero-order chi connectivity index (χ0) is 30.1. The van der Waals surface area contributed by atoms with Gasteiger partial charge < -0.3 is 29.2 Å². The lowest BCUT2D eigenvalue weighted by Gasteiger charge is -2.40. The Kier molecular flexibility index (Phi) is 9.09. The van der Waals surface area contributed by atoms with Crippen molar-refractivity contribution in [3.05, 3.63) is 45.8 Å². The van der Waals surface area contributed by atoms with Crippen LogP contribution in [-0.2, 0) is 14.2 Å². The van der Waals surface area contributed by atoms with Crippen LogP contribution in [0.4, 0.5) is 24.5 Å². The van der Waals surface area contributed by atoms with Gasteiger partial charge in [0.25, 0.3) is 5.56 Å². The number of hydrogen-bond acceptors (Lipinski definition) is 8. The van der Waals surface area contributed by atoms with Gasteiger partial charge in [0, 0.05) is 37.3 Å². The average Bonchev–Trinajstić information content (AvgIpc) is 3.67. The van der Waals surface area contributed by atoms with Crippen molar-refractivity contribution >= 4 is 23.0 Å². The third-order valence-electron chi connectivity index (χ3n) is 9.46. The van der Waals surface area contributed by atoms with E-state index in [4.69, 9.17) is 25.8 Å². The highest BCUT2D eigenvalue weighted by Crippen LogP contribution is 2.53. The molecule has 0 amide bonds. The molecule has 5 atom stereocenters. The van der Waals surface area contributed by atoms with E-state index in [1.54, 1.807) is 18.3 Å². The van der Waals surface area contributed by atoms with Crippen LogP contribution >= 0.6 is 11.6 Å². The van der Waals surface area contributed by atoms with Gasteiger partial charge in [-0.3, -0.25) is 4.79 Å². The van der Waals surface area contributed by atoms with Gasteiger partial charge in [-0.25, -0.2) is 4.68 Å². The molecule has 4 aliphatic rings. The van der Waals surface area contributed by atoms with E-state index in [0.29, 0.717) is 81.7 Å². The van der Waals surface area contributed by atoms with E-state index < -0.39 is 6.36 Å². The third-order valence-corrected chi connectivity index (χ3v) is 9.83. The summed E-state index contributed by atoms with van der Waals surface area (Å²) in [6.07, 6.45) is -0.344. The summed E-state index contributed by atoms with van der Waals surface area (Å²) in [5.74, 6) is 2.10. The van der Waals surface area contributed by atoms with Crippen molar-refractivity contribution in [1.82, 2.24) is 9.78 Å². The first-order valence-electron chi connectivity index (χ1n) is 15.1. The van der Waals surface area contributed by atoms with Gasteiger partial charge in [-0.1, -0.05) is 18.5 Å². The number of nitrogens with one attached hydrogen (secondary N) is 1. The molecule has 3 heterocycles. The van der Waals surface area contributed by atoms with E-state index in [1.165, 1.54) is 16.8 Å². The van der Waals surface area contributed by atoms with Crippen molar-refractivity contribution < 1.29 is 32.1 Å². The number of fused-ring (bicyclic) bond motifs is 1. The number of benzene rings is 1. The lowest BCUT2D eigenvalue weighted by Crippen LogP contribution is -2.46. The summed E-state index contributed by atoms with van der Waals surface area (Å²) in [5, 5.41) is 7.99. The molecule has 2 aromatic rings. The number of hydrogen-bond donors (Lipinski definition) is 1. The lowest BCUT2D eigenvalue weighted by atomic mass is 9.89. The van der Waals surface area contributed by atoms with Crippen molar-refractivity contribution in [3.63, 3.8) is 0 Å². The Bertz CT molecular complexity index is 1300. The summed E-state index contributed by atoms with van der Waals surface area (Å²) in [6.45, 7) is 6.54. The molecule has 9 nitrogen and oxygen atoms in total. The van der Waals surface area contributed by atoms with E-state index in [2.05, 4.69) is 27.0 Å². The molecular formula is C30H38ClF3N4O5. The predicted molar refractivity (Wildman–Crippen MR) is 155 cm³/mol. The SMILES string of the molecule is C[C@H]1[C@H]2COC[C@@H](CNc3cnn(C4CCC(N(C[C@H]5COCCO5)c5ccc(OC(F)(F)F)cc5)CC4)c(=O)c3Cl)[C@@H]12. The largest absolute Gasteiger partial charge is 0.573 e. The fraction of sp³-hybridized carbons (Fsp3) is 0.667. The molecule has 1 aromatic heterocycles. The Labute approximate surface area is 253 Å². The zero-order valence-corrected chi connectivity index (χ0v) is 24.9. The summed E-state index contributed by atoms with van der Waals surface area (Å²) < 4.78 is 60.8. The molecule has 1 N–H and O–H groups in total. The smallest absolute Gasteiger partial charge is 0.406 e. The minimum absolute atomic E-state index is 0.0922. The summed E-state index contributed by atoms with van der Waals surface area (Å²) in [4.78, 5) is 15.4. The first-order chi connectivity index (χ1) is 20.7. The van der Waals surface area contributed by atoms with Gasteiger partial charge in [0.15, 0.2) is 0 Å². The lowest BCUT2D eigenvalue weighted by molar-refractivity contribution is -0.274. The Morgan fingerprint density at radius 2 is 1.86 bits per heavy atom. The fourth-order valence-electron chi connectivity index (χ4n) is 7.13. The minimum Gasteiger partial charge on any atom is -0.406 e. The molecular weight excluding hydrogens is 589 g/mol. The summed E-state index contributed by atoms with van der Waals surface area (Å²) in [5.41, 5.74) is 1.01.